The summed E-state index contributed by atoms with van der Waals surface area (Å²) in [6, 6.07) is 5.91. The first-order valence-corrected chi connectivity index (χ1v) is 7.05. The van der Waals surface area contributed by atoms with E-state index in [1.807, 2.05) is 12.1 Å². The van der Waals surface area contributed by atoms with E-state index < -0.39 is 0 Å². The molecule has 5 heteroatoms. The van der Waals surface area contributed by atoms with Gasteiger partial charge >= 0.3 is 0 Å². The highest BCUT2D eigenvalue weighted by Crippen LogP contribution is 2.29. The Labute approximate surface area is 118 Å². The first-order chi connectivity index (χ1) is 9.13. The SMILES string of the molecule is CC1CCCCCN1c1cc(Cl)ccc1C(N)=NO. The van der Waals surface area contributed by atoms with Crippen molar-refractivity contribution in [2.45, 2.75) is 38.6 Å². The molecule has 0 saturated carbocycles. The Morgan fingerprint density at radius 1 is 1.42 bits per heavy atom. The zero-order valence-corrected chi connectivity index (χ0v) is 11.9. The number of halogens is 1. The molecule has 1 aliphatic rings. The number of rotatable bonds is 2. The van der Waals surface area contributed by atoms with Crippen LogP contribution in [0.1, 0.15) is 38.2 Å². The van der Waals surface area contributed by atoms with Gasteiger partial charge in [-0.15, -0.1) is 0 Å². The fourth-order valence-corrected chi connectivity index (χ4v) is 2.81. The van der Waals surface area contributed by atoms with Gasteiger partial charge in [-0.3, -0.25) is 0 Å². The number of hydrogen-bond donors (Lipinski definition) is 2. The molecule has 19 heavy (non-hydrogen) atoms. The van der Waals surface area contributed by atoms with E-state index in [0.717, 1.165) is 30.6 Å². The van der Waals surface area contributed by atoms with Crippen molar-refractivity contribution >= 4 is 23.1 Å². The number of amidine groups is 1. The van der Waals surface area contributed by atoms with Gasteiger partial charge in [-0.05, 0) is 38.0 Å². The molecule has 1 atom stereocenters. The second-order valence-electron chi connectivity index (χ2n) is 5.04. The van der Waals surface area contributed by atoms with E-state index in [4.69, 9.17) is 22.5 Å². The average molecular weight is 282 g/mol. The van der Waals surface area contributed by atoms with Crippen LogP contribution in [0, 0.1) is 0 Å². The van der Waals surface area contributed by atoms with Crippen molar-refractivity contribution in [3.05, 3.63) is 28.8 Å². The second-order valence-corrected chi connectivity index (χ2v) is 5.47. The van der Waals surface area contributed by atoms with Gasteiger partial charge in [0.2, 0.25) is 0 Å². The Morgan fingerprint density at radius 3 is 2.95 bits per heavy atom. The number of anilines is 1. The van der Waals surface area contributed by atoms with Gasteiger partial charge in [0.25, 0.3) is 0 Å². The summed E-state index contributed by atoms with van der Waals surface area (Å²) in [5, 5.41) is 12.7. The third-order valence-corrected chi connectivity index (χ3v) is 3.94. The zero-order valence-electron chi connectivity index (χ0n) is 11.1. The highest BCUT2D eigenvalue weighted by molar-refractivity contribution is 6.31. The molecule has 1 aromatic rings. The number of benzene rings is 1. The van der Waals surface area contributed by atoms with Gasteiger partial charge in [0.1, 0.15) is 0 Å². The summed E-state index contributed by atoms with van der Waals surface area (Å²) in [6.07, 6.45) is 4.81. The monoisotopic (exact) mass is 281 g/mol. The van der Waals surface area contributed by atoms with Gasteiger partial charge in [-0.25, -0.2) is 0 Å². The van der Waals surface area contributed by atoms with Crippen LogP contribution in [0.5, 0.6) is 0 Å². The second kappa shape index (κ2) is 6.15. The molecule has 1 fully saturated rings. The van der Waals surface area contributed by atoms with Gasteiger partial charge in [-0.1, -0.05) is 29.6 Å². The standard InChI is InChI=1S/C14H20ClN3O/c1-10-5-3-2-4-8-18(10)13-9-11(15)6-7-12(13)14(16)17-19/h6-7,9-10,19H,2-5,8H2,1H3,(H2,16,17). The number of hydrogen-bond acceptors (Lipinski definition) is 3. The first kappa shape index (κ1) is 14.0. The van der Waals surface area contributed by atoms with Crippen LogP contribution in [0.25, 0.3) is 0 Å². The molecule has 0 aromatic heterocycles. The van der Waals surface area contributed by atoms with Crippen molar-refractivity contribution in [1.82, 2.24) is 0 Å². The van der Waals surface area contributed by atoms with Crippen LogP contribution < -0.4 is 10.6 Å². The molecule has 1 aliphatic heterocycles. The number of nitrogens with two attached hydrogens (primary N) is 1. The van der Waals surface area contributed by atoms with E-state index in [-0.39, 0.29) is 5.84 Å². The van der Waals surface area contributed by atoms with Crippen LogP contribution in [0.3, 0.4) is 0 Å². The molecule has 0 bridgehead atoms. The lowest BCUT2D eigenvalue weighted by atomic mass is 10.1. The predicted molar refractivity (Wildman–Crippen MR) is 79.2 cm³/mol. The molecule has 104 valence electrons. The molecular weight excluding hydrogens is 262 g/mol. The summed E-state index contributed by atoms with van der Waals surface area (Å²) < 4.78 is 0. The molecule has 2 rings (SSSR count). The summed E-state index contributed by atoms with van der Waals surface area (Å²) in [4.78, 5) is 2.31. The third kappa shape index (κ3) is 3.13. The van der Waals surface area contributed by atoms with Crippen molar-refractivity contribution in [1.29, 1.82) is 0 Å². The van der Waals surface area contributed by atoms with Gasteiger partial charge in [0.15, 0.2) is 5.84 Å². The quantitative estimate of drug-likeness (QED) is 0.379. The molecule has 3 N–H and O–H groups in total. The molecule has 4 nitrogen and oxygen atoms in total. The minimum atomic E-state index is 0.128. The molecule has 1 heterocycles. The molecule has 1 aromatic carbocycles. The Balaban J connectivity index is 2.43. The Bertz CT molecular complexity index is 476. The lowest BCUT2D eigenvalue weighted by Gasteiger charge is -2.31. The van der Waals surface area contributed by atoms with Crippen LogP contribution in [-0.4, -0.2) is 23.6 Å². The van der Waals surface area contributed by atoms with E-state index in [1.165, 1.54) is 12.8 Å². The Hall–Kier alpha value is -1.42. The van der Waals surface area contributed by atoms with Gasteiger partial charge in [0, 0.05) is 28.9 Å². The van der Waals surface area contributed by atoms with E-state index in [9.17, 15) is 0 Å². The lowest BCUT2D eigenvalue weighted by molar-refractivity contribution is 0.318. The van der Waals surface area contributed by atoms with Crippen LogP contribution in [0.4, 0.5) is 5.69 Å². The molecule has 1 saturated heterocycles. The summed E-state index contributed by atoms with van der Waals surface area (Å²) in [6.45, 7) is 3.19. The molecule has 0 amide bonds. The summed E-state index contributed by atoms with van der Waals surface area (Å²) in [7, 11) is 0. The van der Waals surface area contributed by atoms with Crippen molar-refractivity contribution < 1.29 is 5.21 Å². The maximum absolute atomic E-state index is 8.91. The topological polar surface area (TPSA) is 61.8 Å². The van der Waals surface area contributed by atoms with E-state index in [2.05, 4.69) is 17.0 Å². The van der Waals surface area contributed by atoms with Gasteiger partial charge < -0.3 is 15.8 Å². The van der Waals surface area contributed by atoms with Crippen LogP contribution >= 0.6 is 11.6 Å². The maximum Gasteiger partial charge on any atom is 0.172 e. The Morgan fingerprint density at radius 2 is 2.21 bits per heavy atom. The fraction of sp³-hybridized carbons (Fsp3) is 0.500. The summed E-state index contributed by atoms with van der Waals surface area (Å²) in [5.74, 6) is 0.128. The molecule has 0 aliphatic carbocycles. The number of oxime groups is 1. The first-order valence-electron chi connectivity index (χ1n) is 6.67. The van der Waals surface area contributed by atoms with E-state index in [1.54, 1.807) is 6.07 Å². The summed E-state index contributed by atoms with van der Waals surface area (Å²) >= 11 is 6.10. The maximum atomic E-state index is 8.91. The summed E-state index contributed by atoms with van der Waals surface area (Å²) in [5.41, 5.74) is 7.46. The normalized spacial score (nSPS) is 21.3. The van der Waals surface area contributed by atoms with Crippen molar-refractivity contribution in [3.63, 3.8) is 0 Å². The highest BCUT2D eigenvalue weighted by atomic mass is 35.5. The lowest BCUT2D eigenvalue weighted by Crippen LogP contribution is -2.34. The molecular formula is C14H20ClN3O. The van der Waals surface area contributed by atoms with Crippen LogP contribution in [0.15, 0.2) is 23.4 Å². The molecule has 0 radical (unpaired) electrons. The predicted octanol–water partition coefficient (Wildman–Crippen LogP) is 3.20. The van der Waals surface area contributed by atoms with Gasteiger partial charge in [0.05, 0.1) is 0 Å². The van der Waals surface area contributed by atoms with Crippen molar-refractivity contribution in [2.75, 3.05) is 11.4 Å². The third-order valence-electron chi connectivity index (χ3n) is 3.71. The van der Waals surface area contributed by atoms with Crippen molar-refractivity contribution in [3.8, 4) is 0 Å². The van der Waals surface area contributed by atoms with E-state index >= 15 is 0 Å². The fourth-order valence-electron chi connectivity index (χ4n) is 2.65. The smallest absolute Gasteiger partial charge is 0.172 e. The molecule has 1 unspecified atom stereocenters. The Kier molecular flexibility index (Phi) is 4.53. The minimum Gasteiger partial charge on any atom is -0.409 e. The van der Waals surface area contributed by atoms with Crippen LogP contribution in [0.2, 0.25) is 5.02 Å². The van der Waals surface area contributed by atoms with Crippen molar-refractivity contribution in [2.24, 2.45) is 10.9 Å². The number of nitrogens with zero attached hydrogens (tertiary/aromatic N) is 2. The minimum absolute atomic E-state index is 0.128. The highest BCUT2D eigenvalue weighted by Gasteiger charge is 2.21. The van der Waals surface area contributed by atoms with Gasteiger partial charge in [-0.2, -0.15) is 0 Å². The average Bonchev–Trinajstić information content (AvgIpc) is 2.62. The van der Waals surface area contributed by atoms with Crippen LogP contribution in [-0.2, 0) is 0 Å². The largest absolute Gasteiger partial charge is 0.409 e. The zero-order chi connectivity index (χ0) is 13.8. The van der Waals surface area contributed by atoms with E-state index in [0.29, 0.717) is 11.1 Å². The molecule has 0 spiro atoms.